The summed E-state index contributed by atoms with van der Waals surface area (Å²) in [6, 6.07) is 18.1. The number of nitrogens with zero attached hydrogens (tertiary/aromatic N) is 2. The molecule has 0 radical (unpaired) electrons. The minimum Gasteiger partial charge on any atom is -0.497 e. The summed E-state index contributed by atoms with van der Waals surface area (Å²) in [5.74, 6) is 0.781. The number of carbonyl (C=O) groups is 2. The molecule has 0 saturated carbocycles. The monoisotopic (exact) mass is 552 g/mol. The third kappa shape index (κ3) is 6.54. The maximum Gasteiger partial charge on any atom is 0.257 e. The minimum absolute atomic E-state index is 0.0510. The maximum atomic E-state index is 13.1. The number of hydrogen-bond acceptors (Lipinski definition) is 6. The summed E-state index contributed by atoms with van der Waals surface area (Å²) in [5, 5.41) is 6.42. The second-order valence-corrected chi connectivity index (χ2v) is 9.62. The number of carbonyl (C=O) groups excluding carboxylic acids is 2. The number of amides is 2. The first-order chi connectivity index (χ1) is 18.3. The van der Waals surface area contributed by atoms with E-state index in [2.05, 4.69) is 15.5 Å². The Balaban J connectivity index is 1.30. The number of piperazine rings is 1. The van der Waals surface area contributed by atoms with Gasteiger partial charge in [-0.05, 0) is 73.2 Å². The molecule has 0 unspecified atom stereocenters. The number of rotatable bonds is 6. The highest BCUT2D eigenvalue weighted by atomic mass is 35.5. The average Bonchev–Trinajstić information content (AvgIpc) is 2.94. The lowest BCUT2D eigenvalue weighted by Crippen LogP contribution is -2.48. The molecule has 198 valence electrons. The predicted octanol–water partition coefficient (Wildman–Crippen LogP) is 4.75. The molecule has 0 aliphatic carbocycles. The highest BCUT2D eigenvalue weighted by Gasteiger charge is 2.23. The van der Waals surface area contributed by atoms with E-state index in [1.54, 1.807) is 50.6 Å². The maximum absolute atomic E-state index is 13.1. The van der Waals surface area contributed by atoms with E-state index >= 15 is 0 Å². The first-order valence-corrected chi connectivity index (χ1v) is 12.8. The molecule has 1 aliphatic rings. The number of ether oxygens (including phenoxy) is 2. The van der Waals surface area contributed by atoms with Gasteiger partial charge in [0.15, 0.2) is 5.11 Å². The van der Waals surface area contributed by atoms with Crippen molar-refractivity contribution in [2.24, 2.45) is 0 Å². The molecule has 0 bridgehead atoms. The molecule has 3 aromatic rings. The standard InChI is InChI=1S/C28H29ClN4O4S/c1-18-4-5-19(16-25(18)29)26(34)31-28(38)30-21-6-8-22(9-7-21)32-10-12-33(13-11-32)27(35)20-14-23(36-2)17-24(15-20)37-3/h4-9,14-17H,10-13H2,1-3H3,(H2,30,31,34,38). The van der Waals surface area contributed by atoms with Crippen LogP contribution in [0.3, 0.4) is 0 Å². The van der Waals surface area contributed by atoms with Crippen LogP contribution in [0.1, 0.15) is 26.3 Å². The molecule has 38 heavy (non-hydrogen) atoms. The zero-order valence-electron chi connectivity index (χ0n) is 21.4. The van der Waals surface area contributed by atoms with Gasteiger partial charge in [0, 0.05) is 59.8 Å². The molecule has 0 atom stereocenters. The van der Waals surface area contributed by atoms with Crippen LogP contribution in [-0.4, -0.2) is 62.2 Å². The van der Waals surface area contributed by atoms with E-state index in [0.717, 1.165) is 16.9 Å². The first-order valence-electron chi connectivity index (χ1n) is 12.0. The van der Waals surface area contributed by atoms with Crippen molar-refractivity contribution in [3.8, 4) is 11.5 Å². The molecular formula is C28H29ClN4O4S. The zero-order chi connectivity index (χ0) is 27.2. The van der Waals surface area contributed by atoms with Gasteiger partial charge >= 0.3 is 0 Å². The molecule has 2 amide bonds. The Morgan fingerprint density at radius 3 is 2.08 bits per heavy atom. The van der Waals surface area contributed by atoms with Crippen LogP contribution < -0.4 is 25.0 Å². The molecule has 1 aliphatic heterocycles. The fraction of sp³-hybridized carbons (Fsp3) is 0.250. The van der Waals surface area contributed by atoms with Crippen molar-refractivity contribution in [1.82, 2.24) is 10.2 Å². The van der Waals surface area contributed by atoms with Crippen LogP contribution in [0.25, 0.3) is 0 Å². The van der Waals surface area contributed by atoms with Crippen molar-refractivity contribution >= 4 is 52.1 Å². The lowest BCUT2D eigenvalue weighted by atomic mass is 10.1. The van der Waals surface area contributed by atoms with Crippen molar-refractivity contribution in [2.75, 3.05) is 50.6 Å². The van der Waals surface area contributed by atoms with E-state index in [0.29, 0.717) is 53.8 Å². The lowest BCUT2D eigenvalue weighted by molar-refractivity contribution is 0.0745. The van der Waals surface area contributed by atoms with Crippen LogP contribution in [-0.2, 0) is 0 Å². The summed E-state index contributed by atoms with van der Waals surface area (Å²) in [6.07, 6.45) is 0. The van der Waals surface area contributed by atoms with Crippen LogP contribution in [0, 0.1) is 6.92 Å². The van der Waals surface area contributed by atoms with Crippen LogP contribution in [0.2, 0.25) is 5.02 Å². The number of hydrogen-bond donors (Lipinski definition) is 2. The van der Waals surface area contributed by atoms with Crippen molar-refractivity contribution in [3.05, 3.63) is 82.4 Å². The number of aryl methyl sites for hydroxylation is 1. The van der Waals surface area contributed by atoms with Gasteiger partial charge in [-0.1, -0.05) is 17.7 Å². The zero-order valence-corrected chi connectivity index (χ0v) is 23.0. The highest BCUT2D eigenvalue weighted by Crippen LogP contribution is 2.25. The van der Waals surface area contributed by atoms with Crippen molar-refractivity contribution < 1.29 is 19.1 Å². The number of anilines is 2. The van der Waals surface area contributed by atoms with E-state index in [1.807, 2.05) is 36.1 Å². The van der Waals surface area contributed by atoms with Gasteiger partial charge in [0.05, 0.1) is 14.2 Å². The van der Waals surface area contributed by atoms with Gasteiger partial charge in [-0.25, -0.2) is 0 Å². The minimum atomic E-state index is -0.333. The quantitative estimate of drug-likeness (QED) is 0.427. The Labute approximate surface area is 232 Å². The SMILES string of the molecule is COc1cc(OC)cc(C(=O)N2CCN(c3ccc(NC(=S)NC(=O)c4ccc(C)c(Cl)c4)cc3)CC2)c1. The third-order valence-electron chi connectivity index (χ3n) is 6.32. The molecule has 3 aromatic carbocycles. The largest absolute Gasteiger partial charge is 0.497 e. The topological polar surface area (TPSA) is 83.1 Å². The van der Waals surface area contributed by atoms with E-state index in [-0.39, 0.29) is 16.9 Å². The van der Waals surface area contributed by atoms with Gasteiger partial charge in [0.1, 0.15) is 11.5 Å². The Bertz CT molecular complexity index is 1320. The molecule has 8 nitrogen and oxygen atoms in total. The summed E-state index contributed by atoms with van der Waals surface area (Å²) in [5.41, 5.74) is 3.66. The fourth-order valence-corrected chi connectivity index (χ4v) is 4.50. The Hall–Kier alpha value is -3.82. The lowest BCUT2D eigenvalue weighted by Gasteiger charge is -2.36. The average molecular weight is 553 g/mol. The van der Waals surface area contributed by atoms with Gasteiger partial charge in [0.2, 0.25) is 0 Å². The second kappa shape index (κ2) is 12.1. The molecule has 1 saturated heterocycles. The molecule has 1 fully saturated rings. The van der Waals surface area contributed by atoms with Crippen LogP contribution in [0.15, 0.2) is 60.7 Å². The smallest absolute Gasteiger partial charge is 0.257 e. The van der Waals surface area contributed by atoms with Crippen molar-refractivity contribution in [3.63, 3.8) is 0 Å². The van der Waals surface area contributed by atoms with Crippen LogP contribution in [0.5, 0.6) is 11.5 Å². The van der Waals surface area contributed by atoms with Crippen LogP contribution >= 0.6 is 23.8 Å². The Morgan fingerprint density at radius 1 is 0.868 bits per heavy atom. The molecule has 2 N–H and O–H groups in total. The van der Waals surface area contributed by atoms with Gasteiger partial charge in [-0.2, -0.15) is 0 Å². The van der Waals surface area contributed by atoms with Gasteiger partial charge in [-0.3, -0.25) is 14.9 Å². The Kier molecular flexibility index (Phi) is 8.70. The fourth-order valence-electron chi connectivity index (χ4n) is 4.11. The molecule has 1 heterocycles. The molecular weight excluding hydrogens is 524 g/mol. The van der Waals surface area contributed by atoms with Gasteiger partial charge < -0.3 is 24.6 Å². The van der Waals surface area contributed by atoms with Crippen molar-refractivity contribution in [2.45, 2.75) is 6.92 Å². The number of nitrogens with one attached hydrogen (secondary N) is 2. The van der Waals surface area contributed by atoms with Gasteiger partial charge in [0.25, 0.3) is 11.8 Å². The summed E-state index contributed by atoms with van der Waals surface area (Å²) in [7, 11) is 3.13. The summed E-state index contributed by atoms with van der Waals surface area (Å²) in [6.45, 7) is 4.47. The first kappa shape index (κ1) is 27.2. The van der Waals surface area contributed by atoms with E-state index in [1.165, 1.54) is 0 Å². The summed E-state index contributed by atoms with van der Waals surface area (Å²) < 4.78 is 10.6. The number of benzene rings is 3. The van der Waals surface area contributed by atoms with E-state index < -0.39 is 0 Å². The molecule has 0 aromatic heterocycles. The number of methoxy groups -OCH3 is 2. The molecule has 0 spiro atoms. The predicted molar refractivity (Wildman–Crippen MR) is 154 cm³/mol. The Morgan fingerprint density at radius 2 is 1.50 bits per heavy atom. The van der Waals surface area contributed by atoms with E-state index in [4.69, 9.17) is 33.3 Å². The van der Waals surface area contributed by atoms with Crippen LogP contribution in [0.4, 0.5) is 11.4 Å². The van der Waals surface area contributed by atoms with Gasteiger partial charge in [-0.15, -0.1) is 0 Å². The third-order valence-corrected chi connectivity index (χ3v) is 6.93. The number of thiocarbonyl (C=S) groups is 1. The molecule has 4 rings (SSSR count). The second-order valence-electron chi connectivity index (χ2n) is 8.80. The van der Waals surface area contributed by atoms with Crippen molar-refractivity contribution in [1.29, 1.82) is 0 Å². The molecule has 10 heteroatoms. The summed E-state index contributed by atoms with van der Waals surface area (Å²) in [4.78, 5) is 29.6. The highest BCUT2D eigenvalue weighted by molar-refractivity contribution is 7.80. The summed E-state index contributed by atoms with van der Waals surface area (Å²) >= 11 is 11.4. The van der Waals surface area contributed by atoms with E-state index in [9.17, 15) is 9.59 Å². The normalized spacial score (nSPS) is 13.1. The number of halogens is 1.